The molecule has 0 bridgehead atoms. The minimum atomic E-state index is -0.851. The number of carbonyl (C=O) groups is 2. The molecule has 5 nitrogen and oxygen atoms in total. The quantitative estimate of drug-likeness (QED) is 0.664. The number of rotatable bonds is 7. The van der Waals surface area contributed by atoms with Crippen molar-refractivity contribution in [3.63, 3.8) is 0 Å². The van der Waals surface area contributed by atoms with Gasteiger partial charge in [-0.25, -0.2) is 0 Å². The van der Waals surface area contributed by atoms with E-state index in [-0.39, 0.29) is 18.5 Å². The molecule has 0 atom stereocenters. The number of hydrogen-bond acceptors (Lipinski definition) is 3. The number of amides is 1. The molecule has 2 N–H and O–H groups in total. The van der Waals surface area contributed by atoms with E-state index >= 15 is 0 Å². The van der Waals surface area contributed by atoms with Crippen molar-refractivity contribution in [1.82, 2.24) is 10.2 Å². The van der Waals surface area contributed by atoms with Crippen molar-refractivity contribution in [3.05, 3.63) is 0 Å². The molecular formula is C11H20N2O3. The molecule has 0 aliphatic heterocycles. The van der Waals surface area contributed by atoms with Crippen molar-refractivity contribution in [2.75, 3.05) is 13.1 Å². The predicted octanol–water partition coefficient (Wildman–Crippen LogP) is 0.450. The first kappa shape index (κ1) is 13.0. The van der Waals surface area contributed by atoms with Gasteiger partial charge in [0.1, 0.15) is 0 Å². The lowest BCUT2D eigenvalue weighted by Gasteiger charge is -2.23. The molecule has 0 aromatic carbocycles. The standard InChI is InChI=1S/C11H20N2O3/c1-8(2)13(7-11(15)16)6-5-10(14)12-9-3-4-9/h8-9H,3-7H2,1-2H3,(H,12,14)(H,15,16). The summed E-state index contributed by atoms with van der Waals surface area (Å²) < 4.78 is 0. The van der Waals surface area contributed by atoms with E-state index in [4.69, 9.17) is 5.11 Å². The summed E-state index contributed by atoms with van der Waals surface area (Å²) >= 11 is 0. The van der Waals surface area contributed by atoms with Crippen LogP contribution in [0, 0.1) is 0 Å². The lowest BCUT2D eigenvalue weighted by Crippen LogP contribution is -2.38. The van der Waals surface area contributed by atoms with Crippen molar-refractivity contribution in [3.8, 4) is 0 Å². The SMILES string of the molecule is CC(C)N(CCC(=O)NC1CC1)CC(=O)O. The Hall–Kier alpha value is -1.10. The highest BCUT2D eigenvalue weighted by molar-refractivity contribution is 5.76. The third kappa shape index (κ3) is 5.11. The average Bonchev–Trinajstić information content (AvgIpc) is 2.95. The molecule has 5 heteroatoms. The Labute approximate surface area is 95.8 Å². The van der Waals surface area contributed by atoms with Crippen LogP contribution in [0.3, 0.4) is 0 Å². The molecule has 16 heavy (non-hydrogen) atoms. The fourth-order valence-corrected chi connectivity index (χ4v) is 1.47. The van der Waals surface area contributed by atoms with Crippen molar-refractivity contribution < 1.29 is 14.7 Å². The first-order valence-electron chi connectivity index (χ1n) is 5.74. The van der Waals surface area contributed by atoms with Gasteiger partial charge in [0.25, 0.3) is 0 Å². The molecule has 1 saturated carbocycles. The van der Waals surface area contributed by atoms with E-state index in [0.29, 0.717) is 19.0 Å². The summed E-state index contributed by atoms with van der Waals surface area (Å²) in [4.78, 5) is 23.8. The molecule has 1 rings (SSSR count). The van der Waals surface area contributed by atoms with E-state index < -0.39 is 5.97 Å². The van der Waals surface area contributed by atoms with E-state index in [2.05, 4.69) is 5.32 Å². The van der Waals surface area contributed by atoms with Gasteiger partial charge in [-0.3, -0.25) is 14.5 Å². The van der Waals surface area contributed by atoms with Gasteiger partial charge in [-0.05, 0) is 26.7 Å². The van der Waals surface area contributed by atoms with Crippen LogP contribution >= 0.6 is 0 Å². The van der Waals surface area contributed by atoms with Gasteiger partial charge in [0.15, 0.2) is 0 Å². The summed E-state index contributed by atoms with van der Waals surface area (Å²) in [5.74, 6) is -0.824. The predicted molar refractivity (Wildman–Crippen MR) is 60.1 cm³/mol. The van der Waals surface area contributed by atoms with Gasteiger partial charge in [0, 0.05) is 25.0 Å². The smallest absolute Gasteiger partial charge is 0.317 e. The molecule has 1 amide bonds. The summed E-state index contributed by atoms with van der Waals surface area (Å²) in [6, 6.07) is 0.518. The van der Waals surface area contributed by atoms with E-state index in [0.717, 1.165) is 12.8 Å². The Bertz CT molecular complexity index is 262. The largest absolute Gasteiger partial charge is 0.480 e. The highest BCUT2D eigenvalue weighted by Gasteiger charge is 2.23. The first-order chi connectivity index (χ1) is 7.49. The number of nitrogens with zero attached hydrogens (tertiary/aromatic N) is 1. The van der Waals surface area contributed by atoms with Gasteiger partial charge in [0.05, 0.1) is 6.54 Å². The number of carbonyl (C=O) groups excluding carboxylic acids is 1. The van der Waals surface area contributed by atoms with Crippen LogP contribution in [0.1, 0.15) is 33.1 Å². The van der Waals surface area contributed by atoms with Crippen LogP contribution < -0.4 is 5.32 Å². The molecular weight excluding hydrogens is 208 g/mol. The Balaban J connectivity index is 2.24. The molecule has 1 fully saturated rings. The van der Waals surface area contributed by atoms with Crippen LogP contribution in [-0.4, -0.2) is 47.1 Å². The second kappa shape index (κ2) is 5.84. The maximum atomic E-state index is 11.4. The zero-order chi connectivity index (χ0) is 12.1. The highest BCUT2D eigenvalue weighted by atomic mass is 16.4. The van der Waals surface area contributed by atoms with Gasteiger partial charge in [-0.15, -0.1) is 0 Å². The third-order valence-electron chi connectivity index (χ3n) is 2.64. The number of nitrogens with one attached hydrogen (secondary N) is 1. The fourth-order valence-electron chi connectivity index (χ4n) is 1.47. The van der Waals surface area contributed by atoms with Gasteiger partial charge in [-0.2, -0.15) is 0 Å². The van der Waals surface area contributed by atoms with Crippen molar-refractivity contribution >= 4 is 11.9 Å². The molecule has 0 unspecified atom stereocenters. The third-order valence-corrected chi connectivity index (χ3v) is 2.64. The van der Waals surface area contributed by atoms with Crippen LogP contribution in [0.4, 0.5) is 0 Å². The topological polar surface area (TPSA) is 69.6 Å². The molecule has 0 saturated heterocycles. The number of carboxylic acid groups (broad SMARTS) is 1. The highest BCUT2D eigenvalue weighted by Crippen LogP contribution is 2.18. The van der Waals surface area contributed by atoms with Crippen molar-refractivity contribution in [2.24, 2.45) is 0 Å². The fraction of sp³-hybridized carbons (Fsp3) is 0.818. The molecule has 0 aromatic heterocycles. The van der Waals surface area contributed by atoms with E-state index in [9.17, 15) is 9.59 Å². The molecule has 92 valence electrons. The van der Waals surface area contributed by atoms with E-state index in [1.165, 1.54) is 0 Å². The van der Waals surface area contributed by atoms with E-state index in [1.54, 1.807) is 4.90 Å². The second-order valence-electron chi connectivity index (χ2n) is 4.55. The van der Waals surface area contributed by atoms with Gasteiger partial charge in [0.2, 0.25) is 5.91 Å². The molecule has 1 aliphatic carbocycles. The van der Waals surface area contributed by atoms with Crippen LogP contribution in [0.2, 0.25) is 0 Å². The monoisotopic (exact) mass is 228 g/mol. The lowest BCUT2D eigenvalue weighted by molar-refractivity contribution is -0.139. The number of aliphatic carboxylic acids is 1. The van der Waals surface area contributed by atoms with Crippen molar-refractivity contribution in [2.45, 2.75) is 45.2 Å². The van der Waals surface area contributed by atoms with Crippen LogP contribution in [0.15, 0.2) is 0 Å². The molecule has 0 spiro atoms. The molecule has 1 aliphatic rings. The summed E-state index contributed by atoms with van der Waals surface area (Å²) in [6.07, 6.45) is 2.53. The first-order valence-corrected chi connectivity index (χ1v) is 5.74. The minimum absolute atomic E-state index is 0.00558. The zero-order valence-corrected chi connectivity index (χ0v) is 9.90. The summed E-state index contributed by atoms with van der Waals surface area (Å²) in [6.45, 7) is 4.36. The number of carboxylic acids is 1. The summed E-state index contributed by atoms with van der Waals surface area (Å²) in [5.41, 5.74) is 0. The Morgan fingerprint density at radius 2 is 2.06 bits per heavy atom. The maximum absolute atomic E-state index is 11.4. The van der Waals surface area contributed by atoms with Crippen molar-refractivity contribution in [1.29, 1.82) is 0 Å². The van der Waals surface area contributed by atoms with Crippen LogP contribution in [0.5, 0.6) is 0 Å². The average molecular weight is 228 g/mol. The van der Waals surface area contributed by atoms with Crippen LogP contribution in [0.25, 0.3) is 0 Å². The van der Waals surface area contributed by atoms with Gasteiger partial charge < -0.3 is 10.4 Å². The Morgan fingerprint density at radius 3 is 2.50 bits per heavy atom. The normalized spacial score (nSPS) is 15.5. The minimum Gasteiger partial charge on any atom is -0.480 e. The Kier molecular flexibility index (Phi) is 4.73. The summed E-state index contributed by atoms with van der Waals surface area (Å²) in [5, 5.41) is 11.6. The van der Waals surface area contributed by atoms with Gasteiger partial charge in [-0.1, -0.05) is 0 Å². The lowest BCUT2D eigenvalue weighted by atomic mass is 10.2. The van der Waals surface area contributed by atoms with Gasteiger partial charge >= 0.3 is 5.97 Å². The summed E-state index contributed by atoms with van der Waals surface area (Å²) in [7, 11) is 0. The maximum Gasteiger partial charge on any atom is 0.317 e. The second-order valence-corrected chi connectivity index (χ2v) is 4.55. The van der Waals surface area contributed by atoms with Crippen LogP contribution in [-0.2, 0) is 9.59 Å². The zero-order valence-electron chi connectivity index (χ0n) is 9.90. The molecule has 0 aromatic rings. The van der Waals surface area contributed by atoms with E-state index in [1.807, 2.05) is 13.8 Å². The molecule has 0 heterocycles. The Morgan fingerprint density at radius 1 is 1.44 bits per heavy atom. The number of hydrogen-bond donors (Lipinski definition) is 2. The molecule has 0 radical (unpaired) electrons.